The van der Waals surface area contributed by atoms with Gasteiger partial charge in [-0.1, -0.05) is 32.1 Å². The van der Waals surface area contributed by atoms with Crippen LogP contribution in [0.3, 0.4) is 0 Å². The Morgan fingerprint density at radius 3 is 2.80 bits per heavy atom. The SMILES string of the molecule is Cc1ncc(CNC(=O)C(N)CC2CCCCC2)s1.Cl. The smallest absolute Gasteiger partial charge is 0.237 e. The molecule has 114 valence electrons. The Kier molecular flexibility index (Phi) is 7.48. The fraction of sp³-hybridized carbons (Fsp3) is 0.714. The molecule has 6 heteroatoms. The van der Waals surface area contributed by atoms with Crippen molar-refractivity contribution >= 4 is 29.7 Å². The molecule has 1 unspecified atom stereocenters. The second-order valence-corrected chi connectivity index (χ2v) is 6.73. The van der Waals surface area contributed by atoms with E-state index < -0.39 is 0 Å². The summed E-state index contributed by atoms with van der Waals surface area (Å²) in [7, 11) is 0. The molecule has 0 aromatic carbocycles. The molecule has 20 heavy (non-hydrogen) atoms. The lowest BCUT2D eigenvalue weighted by molar-refractivity contribution is -0.122. The Morgan fingerprint density at radius 2 is 2.20 bits per heavy atom. The fourth-order valence-corrected chi connectivity index (χ4v) is 3.42. The molecule has 3 N–H and O–H groups in total. The summed E-state index contributed by atoms with van der Waals surface area (Å²) in [6, 6.07) is -0.364. The zero-order valence-corrected chi connectivity index (χ0v) is 13.6. The number of carbonyl (C=O) groups is 1. The molecule has 0 saturated heterocycles. The van der Waals surface area contributed by atoms with Crippen LogP contribution in [0, 0.1) is 12.8 Å². The number of amides is 1. The van der Waals surface area contributed by atoms with E-state index in [2.05, 4.69) is 10.3 Å². The number of nitrogens with zero attached hydrogens (tertiary/aromatic N) is 1. The number of aromatic nitrogens is 1. The summed E-state index contributed by atoms with van der Waals surface area (Å²) in [5, 5.41) is 3.93. The highest BCUT2D eigenvalue weighted by Crippen LogP contribution is 2.26. The van der Waals surface area contributed by atoms with Gasteiger partial charge in [0.15, 0.2) is 0 Å². The minimum Gasteiger partial charge on any atom is -0.350 e. The molecular weight excluding hydrogens is 294 g/mol. The van der Waals surface area contributed by atoms with Crippen LogP contribution in [0.5, 0.6) is 0 Å². The van der Waals surface area contributed by atoms with Crippen LogP contribution < -0.4 is 11.1 Å². The van der Waals surface area contributed by atoms with Gasteiger partial charge in [0, 0.05) is 11.1 Å². The topological polar surface area (TPSA) is 68.0 Å². The highest BCUT2D eigenvalue weighted by molar-refractivity contribution is 7.11. The summed E-state index contributed by atoms with van der Waals surface area (Å²) in [6.07, 6.45) is 9.02. The monoisotopic (exact) mass is 317 g/mol. The molecule has 1 atom stereocenters. The Labute approximate surface area is 131 Å². The van der Waals surface area contributed by atoms with Crippen molar-refractivity contribution in [3.63, 3.8) is 0 Å². The average molecular weight is 318 g/mol. The maximum absolute atomic E-state index is 11.9. The lowest BCUT2D eigenvalue weighted by Crippen LogP contribution is -2.41. The maximum Gasteiger partial charge on any atom is 0.237 e. The zero-order valence-electron chi connectivity index (χ0n) is 11.9. The van der Waals surface area contributed by atoms with E-state index in [-0.39, 0.29) is 24.4 Å². The third-order valence-corrected chi connectivity index (χ3v) is 4.67. The summed E-state index contributed by atoms with van der Waals surface area (Å²) < 4.78 is 0. The van der Waals surface area contributed by atoms with Crippen LogP contribution in [-0.4, -0.2) is 16.9 Å². The quantitative estimate of drug-likeness (QED) is 0.877. The van der Waals surface area contributed by atoms with Crippen molar-refractivity contribution in [3.05, 3.63) is 16.1 Å². The minimum absolute atomic E-state index is 0. The van der Waals surface area contributed by atoms with Crippen molar-refractivity contribution in [1.82, 2.24) is 10.3 Å². The molecule has 1 aromatic heterocycles. The average Bonchev–Trinajstić information content (AvgIpc) is 2.83. The largest absolute Gasteiger partial charge is 0.350 e. The first-order valence-electron chi connectivity index (χ1n) is 7.09. The first-order chi connectivity index (χ1) is 9.15. The predicted octanol–water partition coefficient (Wildman–Crippen LogP) is 2.79. The van der Waals surface area contributed by atoms with E-state index in [1.165, 1.54) is 32.1 Å². The summed E-state index contributed by atoms with van der Waals surface area (Å²) >= 11 is 1.61. The molecule has 1 aliphatic rings. The number of thiazole rings is 1. The Morgan fingerprint density at radius 1 is 1.50 bits per heavy atom. The number of rotatable bonds is 5. The molecule has 2 rings (SSSR count). The van der Waals surface area contributed by atoms with Gasteiger partial charge >= 0.3 is 0 Å². The van der Waals surface area contributed by atoms with E-state index in [9.17, 15) is 4.79 Å². The Bertz CT molecular complexity index is 418. The van der Waals surface area contributed by atoms with Gasteiger partial charge in [-0.05, 0) is 19.3 Å². The molecule has 1 aromatic rings. The second kappa shape index (κ2) is 8.60. The summed E-state index contributed by atoms with van der Waals surface area (Å²) in [6.45, 7) is 2.51. The molecule has 0 spiro atoms. The van der Waals surface area contributed by atoms with Gasteiger partial charge in [0.2, 0.25) is 5.91 Å². The van der Waals surface area contributed by atoms with Gasteiger partial charge in [-0.25, -0.2) is 4.98 Å². The molecule has 1 fully saturated rings. The van der Waals surface area contributed by atoms with E-state index in [1.54, 1.807) is 11.3 Å². The van der Waals surface area contributed by atoms with Crippen LogP contribution in [0.2, 0.25) is 0 Å². The predicted molar refractivity (Wildman–Crippen MR) is 85.1 cm³/mol. The maximum atomic E-state index is 11.9. The zero-order chi connectivity index (χ0) is 13.7. The number of nitrogens with one attached hydrogen (secondary N) is 1. The number of hydrogen-bond acceptors (Lipinski definition) is 4. The molecule has 1 amide bonds. The Balaban J connectivity index is 0.00000200. The van der Waals surface area contributed by atoms with Crippen LogP contribution >= 0.6 is 23.7 Å². The summed E-state index contributed by atoms with van der Waals surface area (Å²) in [5.74, 6) is 0.608. The molecule has 1 aliphatic carbocycles. The first-order valence-corrected chi connectivity index (χ1v) is 7.91. The van der Waals surface area contributed by atoms with Gasteiger partial charge in [-0.3, -0.25) is 4.79 Å². The third-order valence-electron chi connectivity index (χ3n) is 3.75. The van der Waals surface area contributed by atoms with E-state index in [0.717, 1.165) is 16.3 Å². The fourth-order valence-electron chi connectivity index (χ4n) is 2.68. The van der Waals surface area contributed by atoms with Gasteiger partial charge in [0.05, 0.1) is 17.6 Å². The van der Waals surface area contributed by atoms with Crippen molar-refractivity contribution in [3.8, 4) is 0 Å². The van der Waals surface area contributed by atoms with Crippen LogP contribution in [0.4, 0.5) is 0 Å². The number of halogens is 1. The highest BCUT2D eigenvalue weighted by Gasteiger charge is 2.21. The molecule has 1 saturated carbocycles. The van der Waals surface area contributed by atoms with E-state index in [4.69, 9.17) is 5.73 Å². The van der Waals surface area contributed by atoms with Gasteiger partial charge in [-0.15, -0.1) is 23.7 Å². The molecule has 0 radical (unpaired) electrons. The number of hydrogen-bond donors (Lipinski definition) is 2. The standard InChI is InChI=1S/C14H23N3OS.ClH/c1-10-16-8-12(19-10)9-17-14(18)13(15)7-11-5-3-2-4-6-11;/h8,11,13H,2-7,9,15H2,1H3,(H,17,18);1H. The molecule has 0 bridgehead atoms. The van der Waals surface area contributed by atoms with Crippen molar-refractivity contribution in [1.29, 1.82) is 0 Å². The number of nitrogens with two attached hydrogens (primary N) is 1. The van der Waals surface area contributed by atoms with Crippen LogP contribution in [-0.2, 0) is 11.3 Å². The van der Waals surface area contributed by atoms with Crippen LogP contribution in [0.25, 0.3) is 0 Å². The van der Waals surface area contributed by atoms with Gasteiger partial charge in [0.1, 0.15) is 0 Å². The molecule has 4 nitrogen and oxygen atoms in total. The third kappa shape index (κ3) is 5.38. The lowest BCUT2D eigenvalue weighted by atomic mass is 9.85. The lowest BCUT2D eigenvalue weighted by Gasteiger charge is -2.24. The molecule has 0 aliphatic heterocycles. The van der Waals surface area contributed by atoms with Crippen molar-refractivity contribution < 1.29 is 4.79 Å². The molecular formula is C14H24ClN3OS. The summed E-state index contributed by atoms with van der Waals surface area (Å²) in [5.41, 5.74) is 5.99. The van der Waals surface area contributed by atoms with E-state index >= 15 is 0 Å². The van der Waals surface area contributed by atoms with Crippen molar-refractivity contribution in [2.75, 3.05) is 0 Å². The number of aryl methyl sites for hydroxylation is 1. The number of carbonyl (C=O) groups excluding carboxylic acids is 1. The van der Waals surface area contributed by atoms with Crippen LogP contribution in [0.1, 0.15) is 48.4 Å². The first kappa shape index (κ1) is 17.4. The van der Waals surface area contributed by atoms with Crippen LogP contribution in [0.15, 0.2) is 6.20 Å². The van der Waals surface area contributed by atoms with Gasteiger partial charge in [-0.2, -0.15) is 0 Å². The second-order valence-electron chi connectivity index (χ2n) is 5.41. The van der Waals surface area contributed by atoms with Gasteiger partial charge < -0.3 is 11.1 Å². The summed E-state index contributed by atoms with van der Waals surface area (Å²) in [4.78, 5) is 17.2. The van der Waals surface area contributed by atoms with E-state index in [1.807, 2.05) is 13.1 Å². The minimum atomic E-state index is -0.364. The molecule has 1 heterocycles. The van der Waals surface area contributed by atoms with E-state index in [0.29, 0.717) is 12.5 Å². The van der Waals surface area contributed by atoms with Gasteiger partial charge in [0.25, 0.3) is 0 Å². The van der Waals surface area contributed by atoms with Crippen molar-refractivity contribution in [2.24, 2.45) is 11.7 Å². The normalized spacial score (nSPS) is 17.3. The highest BCUT2D eigenvalue weighted by atomic mass is 35.5. The Hall–Kier alpha value is -0.650. The van der Waals surface area contributed by atoms with Crippen molar-refractivity contribution in [2.45, 2.75) is 58.0 Å².